The van der Waals surface area contributed by atoms with Crippen molar-refractivity contribution < 1.29 is 0 Å². The summed E-state index contributed by atoms with van der Waals surface area (Å²) < 4.78 is 1.11. The van der Waals surface area contributed by atoms with E-state index in [4.69, 9.17) is 0 Å². The van der Waals surface area contributed by atoms with Gasteiger partial charge < -0.3 is 0 Å². The van der Waals surface area contributed by atoms with E-state index in [2.05, 4.69) is 84.4 Å². The normalized spacial score (nSPS) is 10.1. The number of halogens is 1. The van der Waals surface area contributed by atoms with Crippen LogP contribution in [0.15, 0.2) is 58.6 Å². The van der Waals surface area contributed by atoms with Crippen molar-refractivity contribution in [3.8, 4) is 11.1 Å². The van der Waals surface area contributed by atoms with Crippen LogP contribution in [-0.2, 0) is 0 Å². The van der Waals surface area contributed by atoms with Crippen molar-refractivity contribution >= 4 is 22.0 Å². The van der Waals surface area contributed by atoms with Gasteiger partial charge in [-0.25, -0.2) is 0 Å². The first-order chi connectivity index (χ1) is 8.15. The van der Waals surface area contributed by atoms with Gasteiger partial charge in [0.1, 0.15) is 0 Å². The van der Waals surface area contributed by atoms with Crippen molar-refractivity contribution in [2.24, 2.45) is 0 Å². The zero-order valence-electron chi connectivity index (χ0n) is 10.1. The molecule has 0 bridgehead atoms. The van der Waals surface area contributed by atoms with Crippen molar-refractivity contribution in [1.29, 1.82) is 0 Å². The van der Waals surface area contributed by atoms with Crippen LogP contribution < -0.4 is 0 Å². The van der Waals surface area contributed by atoms with E-state index < -0.39 is 0 Å². The fourth-order valence-corrected chi connectivity index (χ4v) is 2.01. The molecule has 2 aromatic carbocycles. The Bertz CT molecular complexity index is 514. The number of hydrogen-bond donors (Lipinski definition) is 0. The van der Waals surface area contributed by atoms with Crippen LogP contribution >= 0.6 is 15.9 Å². The van der Waals surface area contributed by atoms with E-state index in [1.54, 1.807) is 0 Å². The average Bonchev–Trinajstić information content (AvgIpc) is 2.30. The van der Waals surface area contributed by atoms with Crippen LogP contribution in [0.5, 0.6) is 0 Å². The first-order valence-electron chi connectivity index (χ1n) is 5.66. The first kappa shape index (κ1) is 12.1. The second kappa shape index (κ2) is 5.33. The van der Waals surface area contributed by atoms with E-state index in [-0.39, 0.29) is 0 Å². The molecule has 0 aromatic heterocycles. The van der Waals surface area contributed by atoms with Crippen molar-refractivity contribution in [2.45, 2.75) is 13.8 Å². The minimum Gasteiger partial charge on any atom is -0.0758 e. The lowest BCUT2D eigenvalue weighted by molar-refractivity contribution is 1.42. The minimum atomic E-state index is 1.11. The Balaban J connectivity index is 2.29. The summed E-state index contributed by atoms with van der Waals surface area (Å²) in [7, 11) is 0. The van der Waals surface area contributed by atoms with Crippen molar-refractivity contribution in [1.82, 2.24) is 0 Å². The van der Waals surface area contributed by atoms with Crippen molar-refractivity contribution in [2.75, 3.05) is 0 Å². The molecule has 0 atom stereocenters. The molecule has 17 heavy (non-hydrogen) atoms. The molecule has 2 rings (SSSR count). The Morgan fingerprint density at radius 3 is 1.76 bits per heavy atom. The van der Waals surface area contributed by atoms with Gasteiger partial charge in [-0.2, -0.15) is 0 Å². The van der Waals surface area contributed by atoms with Crippen LogP contribution in [0.1, 0.15) is 19.4 Å². The fraction of sp³-hybridized carbons (Fsp3) is 0.125. The fourth-order valence-electron chi connectivity index (χ4n) is 1.75. The number of allylic oxidation sites excluding steroid dienone is 1. The van der Waals surface area contributed by atoms with Gasteiger partial charge in [0.2, 0.25) is 0 Å². The van der Waals surface area contributed by atoms with Crippen molar-refractivity contribution in [3.05, 3.63) is 64.1 Å². The zero-order valence-corrected chi connectivity index (χ0v) is 11.7. The molecule has 0 aliphatic rings. The molecular weight excluding hydrogens is 272 g/mol. The van der Waals surface area contributed by atoms with E-state index in [0.29, 0.717) is 0 Å². The molecule has 0 N–H and O–H groups in total. The standard InChI is InChI=1S/C16H15Br/c1-12(2)11-13-3-5-14(6-4-13)15-7-9-16(17)10-8-15/h3-11H,1-2H3. The van der Waals surface area contributed by atoms with Crippen LogP contribution in [0.3, 0.4) is 0 Å². The van der Waals surface area contributed by atoms with E-state index in [1.807, 2.05) is 0 Å². The maximum absolute atomic E-state index is 3.45. The van der Waals surface area contributed by atoms with E-state index in [1.165, 1.54) is 22.3 Å². The summed E-state index contributed by atoms with van der Waals surface area (Å²) in [6.45, 7) is 4.23. The van der Waals surface area contributed by atoms with Crippen LogP contribution in [0.4, 0.5) is 0 Å². The summed E-state index contributed by atoms with van der Waals surface area (Å²) >= 11 is 3.45. The molecular formula is C16H15Br. The lowest BCUT2D eigenvalue weighted by Gasteiger charge is -2.03. The highest BCUT2D eigenvalue weighted by atomic mass is 79.9. The molecule has 0 saturated carbocycles. The predicted molar refractivity (Wildman–Crippen MR) is 78.9 cm³/mol. The zero-order chi connectivity index (χ0) is 12.3. The van der Waals surface area contributed by atoms with Gasteiger partial charge in [-0.3, -0.25) is 0 Å². The number of hydrogen-bond acceptors (Lipinski definition) is 0. The van der Waals surface area contributed by atoms with Crippen LogP contribution in [0, 0.1) is 0 Å². The molecule has 0 amide bonds. The van der Waals surface area contributed by atoms with Gasteiger partial charge in [-0.15, -0.1) is 0 Å². The second-order valence-electron chi connectivity index (χ2n) is 4.35. The molecule has 0 spiro atoms. The van der Waals surface area contributed by atoms with E-state index in [9.17, 15) is 0 Å². The lowest BCUT2D eigenvalue weighted by Crippen LogP contribution is -1.79. The maximum atomic E-state index is 3.45. The van der Waals surface area contributed by atoms with Gasteiger partial charge in [0.15, 0.2) is 0 Å². The van der Waals surface area contributed by atoms with E-state index >= 15 is 0 Å². The monoisotopic (exact) mass is 286 g/mol. The third kappa shape index (κ3) is 3.31. The molecule has 0 aliphatic heterocycles. The first-order valence-corrected chi connectivity index (χ1v) is 6.45. The summed E-state index contributed by atoms with van der Waals surface area (Å²) in [5.41, 5.74) is 5.08. The number of rotatable bonds is 2. The highest BCUT2D eigenvalue weighted by molar-refractivity contribution is 9.10. The third-order valence-electron chi connectivity index (χ3n) is 2.54. The Morgan fingerprint density at radius 1 is 0.824 bits per heavy atom. The largest absolute Gasteiger partial charge is 0.0758 e. The molecule has 0 nitrogen and oxygen atoms in total. The topological polar surface area (TPSA) is 0 Å². The molecule has 1 heteroatoms. The minimum absolute atomic E-state index is 1.11. The van der Waals surface area contributed by atoms with Crippen molar-refractivity contribution in [3.63, 3.8) is 0 Å². The van der Waals surface area contributed by atoms with Crippen LogP contribution in [-0.4, -0.2) is 0 Å². The van der Waals surface area contributed by atoms with Gasteiger partial charge in [0.25, 0.3) is 0 Å². The van der Waals surface area contributed by atoms with Crippen LogP contribution in [0.2, 0.25) is 0 Å². The van der Waals surface area contributed by atoms with Gasteiger partial charge in [0, 0.05) is 4.47 Å². The Morgan fingerprint density at radius 2 is 1.29 bits per heavy atom. The number of benzene rings is 2. The van der Waals surface area contributed by atoms with Gasteiger partial charge in [0.05, 0.1) is 0 Å². The van der Waals surface area contributed by atoms with Crippen LogP contribution in [0.25, 0.3) is 17.2 Å². The summed E-state index contributed by atoms with van der Waals surface area (Å²) in [6.07, 6.45) is 2.19. The Labute approximate surface area is 111 Å². The molecule has 0 heterocycles. The highest BCUT2D eigenvalue weighted by Crippen LogP contribution is 2.22. The second-order valence-corrected chi connectivity index (χ2v) is 5.27. The summed E-state index contributed by atoms with van der Waals surface area (Å²) in [5, 5.41) is 0. The summed E-state index contributed by atoms with van der Waals surface area (Å²) in [6, 6.07) is 17.0. The molecule has 0 saturated heterocycles. The third-order valence-corrected chi connectivity index (χ3v) is 3.07. The van der Waals surface area contributed by atoms with Gasteiger partial charge in [-0.05, 0) is 42.7 Å². The van der Waals surface area contributed by atoms with E-state index in [0.717, 1.165) is 4.47 Å². The predicted octanol–water partition coefficient (Wildman–Crippen LogP) is 5.54. The molecule has 0 radical (unpaired) electrons. The quantitative estimate of drug-likeness (QED) is 0.680. The molecule has 2 aromatic rings. The summed E-state index contributed by atoms with van der Waals surface area (Å²) in [5.74, 6) is 0. The highest BCUT2D eigenvalue weighted by Gasteiger charge is 1.97. The molecule has 0 unspecified atom stereocenters. The smallest absolute Gasteiger partial charge is 0.0175 e. The Kier molecular flexibility index (Phi) is 3.80. The molecule has 0 aliphatic carbocycles. The lowest BCUT2D eigenvalue weighted by atomic mass is 10.0. The summed E-state index contributed by atoms with van der Waals surface area (Å²) in [4.78, 5) is 0. The van der Waals surface area contributed by atoms with Gasteiger partial charge >= 0.3 is 0 Å². The Hall–Kier alpha value is -1.34. The average molecular weight is 287 g/mol. The SMILES string of the molecule is CC(C)=Cc1ccc(-c2ccc(Br)cc2)cc1. The van der Waals surface area contributed by atoms with Gasteiger partial charge in [-0.1, -0.05) is 64.0 Å². The maximum Gasteiger partial charge on any atom is 0.0175 e. The molecule has 0 fully saturated rings. The molecule has 86 valence electrons.